The molecule has 4 nitrogen and oxygen atoms in total. The van der Waals surface area contributed by atoms with Gasteiger partial charge in [0.15, 0.2) is 0 Å². The normalized spacial score (nSPS) is 27.9. The Morgan fingerprint density at radius 3 is 2.67 bits per heavy atom. The van der Waals surface area contributed by atoms with Crippen molar-refractivity contribution in [2.75, 3.05) is 6.54 Å². The average molecular weight is 210 g/mol. The summed E-state index contributed by atoms with van der Waals surface area (Å²) in [7, 11) is 0. The van der Waals surface area contributed by atoms with E-state index in [4.69, 9.17) is 0 Å². The molecule has 2 rings (SSSR count). The third-order valence-corrected chi connectivity index (χ3v) is 3.43. The van der Waals surface area contributed by atoms with Gasteiger partial charge in [-0.2, -0.15) is 0 Å². The van der Waals surface area contributed by atoms with Gasteiger partial charge in [0, 0.05) is 6.54 Å². The van der Waals surface area contributed by atoms with E-state index in [0.29, 0.717) is 11.8 Å². The van der Waals surface area contributed by atoms with Crippen LogP contribution in [-0.2, 0) is 9.59 Å². The first-order valence-corrected chi connectivity index (χ1v) is 5.72. The monoisotopic (exact) mass is 210 g/mol. The van der Waals surface area contributed by atoms with E-state index in [-0.39, 0.29) is 17.9 Å². The lowest BCUT2D eigenvalue weighted by molar-refractivity contribution is -0.125. The summed E-state index contributed by atoms with van der Waals surface area (Å²) in [5.41, 5.74) is 0.431. The fraction of sp³-hybridized carbons (Fsp3) is 0.818. The van der Waals surface area contributed by atoms with Crippen LogP contribution in [0.25, 0.3) is 0 Å². The number of imide groups is 1. The van der Waals surface area contributed by atoms with Gasteiger partial charge in [-0.3, -0.25) is 14.9 Å². The molecule has 84 valence electrons. The maximum Gasteiger partial charge on any atom is 0.244 e. The molecule has 2 amide bonds. The number of hydrogen-bond donors (Lipinski definition) is 2. The Balaban J connectivity index is 1.78. The van der Waals surface area contributed by atoms with Gasteiger partial charge in [0.2, 0.25) is 11.8 Å². The first-order valence-electron chi connectivity index (χ1n) is 5.72. The molecule has 0 aromatic heterocycles. The second-order valence-corrected chi connectivity index (χ2v) is 4.80. The molecule has 2 aliphatic rings. The van der Waals surface area contributed by atoms with E-state index in [1.165, 1.54) is 25.7 Å². The van der Waals surface area contributed by atoms with Gasteiger partial charge in [-0.25, -0.2) is 0 Å². The molecule has 0 aromatic carbocycles. The summed E-state index contributed by atoms with van der Waals surface area (Å²) >= 11 is 0. The molecule has 0 aromatic rings. The predicted octanol–water partition coefficient (Wildman–Crippen LogP) is 0.571. The second kappa shape index (κ2) is 3.93. The highest BCUT2D eigenvalue weighted by Gasteiger charge is 2.42. The van der Waals surface area contributed by atoms with Gasteiger partial charge in [0.1, 0.15) is 0 Å². The minimum absolute atomic E-state index is 0.155. The predicted molar refractivity (Wildman–Crippen MR) is 56.1 cm³/mol. The van der Waals surface area contributed by atoms with E-state index in [1.54, 1.807) is 0 Å². The standard InChI is InChI=1S/C11H18N2O2/c1-2-3-11(4-5-11)7-12-8-6-9(14)13-10(8)15/h8,12H,2-7H2,1H3,(H,13,14,15). The molecule has 1 unspecified atom stereocenters. The average Bonchev–Trinajstić information content (AvgIpc) is 2.86. The van der Waals surface area contributed by atoms with Crippen molar-refractivity contribution in [3.8, 4) is 0 Å². The molecule has 1 saturated heterocycles. The molecular weight excluding hydrogens is 192 g/mol. The van der Waals surface area contributed by atoms with Gasteiger partial charge in [-0.05, 0) is 24.7 Å². The van der Waals surface area contributed by atoms with E-state index in [1.807, 2.05) is 0 Å². The van der Waals surface area contributed by atoms with Crippen LogP contribution in [0.5, 0.6) is 0 Å². The molecule has 1 saturated carbocycles. The van der Waals surface area contributed by atoms with Gasteiger partial charge < -0.3 is 5.32 Å². The Hall–Kier alpha value is -0.900. The van der Waals surface area contributed by atoms with E-state index >= 15 is 0 Å². The number of hydrogen-bond acceptors (Lipinski definition) is 3. The Labute approximate surface area is 89.8 Å². The van der Waals surface area contributed by atoms with E-state index in [2.05, 4.69) is 17.6 Å². The molecule has 2 N–H and O–H groups in total. The van der Waals surface area contributed by atoms with Crippen molar-refractivity contribution < 1.29 is 9.59 Å². The molecule has 1 aliphatic heterocycles. The number of amides is 2. The highest BCUT2D eigenvalue weighted by atomic mass is 16.2. The first kappa shape index (κ1) is 10.6. The minimum atomic E-state index is -0.285. The van der Waals surface area contributed by atoms with Gasteiger partial charge in [0.05, 0.1) is 12.5 Å². The van der Waals surface area contributed by atoms with Crippen LogP contribution in [0.4, 0.5) is 0 Å². The van der Waals surface area contributed by atoms with Gasteiger partial charge in [-0.15, -0.1) is 0 Å². The number of rotatable bonds is 5. The third-order valence-electron chi connectivity index (χ3n) is 3.43. The molecule has 0 bridgehead atoms. The van der Waals surface area contributed by atoms with Crippen molar-refractivity contribution in [2.24, 2.45) is 5.41 Å². The van der Waals surface area contributed by atoms with Gasteiger partial charge >= 0.3 is 0 Å². The molecule has 1 atom stereocenters. The molecular formula is C11H18N2O2. The summed E-state index contributed by atoms with van der Waals surface area (Å²) in [6.07, 6.45) is 5.24. The Morgan fingerprint density at radius 2 is 2.20 bits per heavy atom. The quantitative estimate of drug-likeness (QED) is 0.652. The minimum Gasteiger partial charge on any atom is -0.305 e. The van der Waals surface area contributed by atoms with Crippen molar-refractivity contribution in [1.82, 2.24) is 10.6 Å². The lowest BCUT2D eigenvalue weighted by Gasteiger charge is -2.17. The SMILES string of the molecule is CCCC1(CNC2CC(=O)NC2=O)CC1. The first-order chi connectivity index (χ1) is 7.15. The topological polar surface area (TPSA) is 58.2 Å². The molecule has 4 heteroatoms. The molecule has 1 aliphatic carbocycles. The number of carbonyl (C=O) groups excluding carboxylic acids is 2. The summed E-state index contributed by atoms with van der Waals surface area (Å²) in [5, 5.41) is 5.53. The largest absolute Gasteiger partial charge is 0.305 e. The zero-order chi connectivity index (χ0) is 10.9. The number of carbonyl (C=O) groups is 2. The summed E-state index contributed by atoms with van der Waals surface area (Å²) in [5.74, 6) is -0.315. The zero-order valence-corrected chi connectivity index (χ0v) is 9.14. The Bertz CT molecular complexity index is 284. The van der Waals surface area contributed by atoms with Gasteiger partial charge in [-0.1, -0.05) is 13.3 Å². The van der Waals surface area contributed by atoms with Crippen LogP contribution in [0, 0.1) is 5.41 Å². The fourth-order valence-electron chi connectivity index (χ4n) is 2.28. The maximum atomic E-state index is 11.3. The van der Waals surface area contributed by atoms with Crippen LogP contribution >= 0.6 is 0 Å². The zero-order valence-electron chi connectivity index (χ0n) is 9.14. The van der Waals surface area contributed by atoms with Crippen molar-refractivity contribution in [3.05, 3.63) is 0 Å². The van der Waals surface area contributed by atoms with Crippen LogP contribution in [0.15, 0.2) is 0 Å². The van der Waals surface area contributed by atoms with Crippen molar-refractivity contribution >= 4 is 11.8 Å². The molecule has 1 heterocycles. The van der Waals surface area contributed by atoms with Crippen molar-refractivity contribution in [1.29, 1.82) is 0 Å². The van der Waals surface area contributed by atoms with Crippen molar-refractivity contribution in [2.45, 2.75) is 45.1 Å². The highest BCUT2D eigenvalue weighted by Crippen LogP contribution is 2.49. The van der Waals surface area contributed by atoms with E-state index < -0.39 is 0 Å². The second-order valence-electron chi connectivity index (χ2n) is 4.80. The van der Waals surface area contributed by atoms with E-state index in [0.717, 1.165) is 6.54 Å². The fourth-order valence-corrected chi connectivity index (χ4v) is 2.28. The van der Waals surface area contributed by atoms with Crippen molar-refractivity contribution in [3.63, 3.8) is 0 Å². The lowest BCUT2D eigenvalue weighted by Crippen LogP contribution is -2.39. The molecule has 0 spiro atoms. The van der Waals surface area contributed by atoms with Crippen LogP contribution in [-0.4, -0.2) is 24.4 Å². The Morgan fingerprint density at radius 1 is 1.47 bits per heavy atom. The summed E-state index contributed by atoms with van der Waals surface area (Å²) in [6.45, 7) is 3.07. The van der Waals surface area contributed by atoms with Crippen LogP contribution < -0.4 is 10.6 Å². The number of nitrogens with one attached hydrogen (secondary N) is 2. The smallest absolute Gasteiger partial charge is 0.244 e. The van der Waals surface area contributed by atoms with Crippen LogP contribution in [0.2, 0.25) is 0 Å². The molecule has 15 heavy (non-hydrogen) atoms. The molecule has 2 fully saturated rings. The Kier molecular flexibility index (Phi) is 2.78. The van der Waals surface area contributed by atoms with E-state index in [9.17, 15) is 9.59 Å². The molecule has 0 radical (unpaired) electrons. The summed E-state index contributed by atoms with van der Waals surface area (Å²) in [6, 6.07) is -0.285. The summed E-state index contributed by atoms with van der Waals surface area (Å²) in [4.78, 5) is 22.2. The highest BCUT2D eigenvalue weighted by molar-refractivity contribution is 6.05. The lowest BCUT2D eigenvalue weighted by atomic mass is 10.0. The van der Waals surface area contributed by atoms with Crippen LogP contribution in [0.3, 0.4) is 0 Å². The third kappa shape index (κ3) is 2.37. The van der Waals surface area contributed by atoms with Crippen LogP contribution in [0.1, 0.15) is 39.0 Å². The maximum absolute atomic E-state index is 11.3. The summed E-state index contributed by atoms with van der Waals surface area (Å²) < 4.78 is 0. The van der Waals surface area contributed by atoms with Gasteiger partial charge in [0.25, 0.3) is 0 Å².